The molecule has 0 aliphatic rings. The summed E-state index contributed by atoms with van der Waals surface area (Å²) in [5.41, 5.74) is 0. The van der Waals surface area contributed by atoms with E-state index < -0.39 is 22.2 Å². The number of hydrogen-bond donors (Lipinski definition) is 3. The van der Waals surface area contributed by atoms with Crippen LogP contribution < -0.4 is 4.41 Å². The maximum atomic E-state index is 11.1. The molecule has 8 heteroatoms. The third kappa shape index (κ3) is 1.60. The molecule has 0 aliphatic heterocycles. The first-order chi connectivity index (χ1) is 6.22. The van der Waals surface area contributed by atoms with Crippen LogP contribution >= 0.6 is 0 Å². The first-order valence-electron chi connectivity index (χ1n) is 3.34. The number of aromatic nitrogens is 1. The van der Waals surface area contributed by atoms with Crippen LogP contribution in [0.4, 0.5) is 4.79 Å². The van der Waals surface area contributed by atoms with Crippen LogP contribution in [0.3, 0.4) is 0 Å². The zero-order valence-corrected chi connectivity index (χ0v) is 8.09. The second-order valence-electron chi connectivity index (χ2n) is 2.57. The third-order valence-corrected chi connectivity index (χ3v) is 4.20. The molecule has 7 nitrogen and oxygen atoms in total. The number of aromatic hydroxyl groups is 1. The molecule has 1 aromatic rings. The molecule has 0 fully saturated rings. The van der Waals surface area contributed by atoms with Gasteiger partial charge in [-0.2, -0.15) is 0 Å². The molecule has 0 spiro atoms. The van der Waals surface area contributed by atoms with Crippen molar-refractivity contribution in [2.45, 2.75) is 0 Å². The Bertz CT molecular complexity index is 498. The van der Waals surface area contributed by atoms with Crippen molar-refractivity contribution in [3.8, 4) is 5.75 Å². The number of rotatable bonds is 2. The van der Waals surface area contributed by atoms with Crippen LogP contribution in [0.1, 0.15) is 0 Å². The fourth-order valence-electron chi connectivity index (χ4n) is 0.710. The number of pyridine rings is 1. The average Bonchev–Trinajstić information content (AvgIpc) is 2.03. The summed E-state index contributed by atoms with van der Waals surface area (Å²) in [5.74, 6) is -0.334. The van der Waals surface area contributed by atoms with Crippen LogP contribution in [0.25, 0.3) is 0 Å². The predicted octanol–water partition coefficient (Wildman–Crippen LogP) is -0.622. The van der Waals surface area contributed by atoms with E-state index in [9.17, 15) is 12.1 Å². The summed E-state index contributed by atoms with van der Waals surface area (Å²) in [6.45, 7) is 0. The van der Waals surface area contributed by atoms with Crippen molar-refractivity contribution in [1.82, 2.24) is 4.98 Å². The quantitative estimate of drug-likeness (QED) is 0.627. The molecular formula is C6H6NO6V. The molecular weight excluding hydrogens is 233 g/mol. The van der Waals surface area contributed by atoms with E-state index in [1.54, 1.807) is 0 Å². The second kappa shape index (κ2) is 2.78. The number of nitrogens with zero attached hydrogens (tertiary/aromatic N) is 1. The summed E-state index contributed by atoms with van der Waals surface area (Å²) in [6.07, 6.45) is 0.726. The fourth-order valence-corrected chi connectivity index (χ4v) is 1.95. The third-order valence-electron chi connectivity index (χ3n) is 1.47. The van der Waals surface area contributed by atoms with Crippen LogP contribution in [0.2, 0.25) is 0 Å². The van der Waals surface area contributed by atoms with Crippen LogP contribution in [-0.4, -0.2) is 23.9 Å². The zero-order valence-electron chi connectivity index (χ0n) is 6.69. The van der Waals surface area contributed by atoms with Crippen LogP contribution in [0.5, 0.6) is 5.75 Å². The summed E-state index contributed by atoms with van der Waals surface area (Å²) in [5, 5.41) is 17.1. The molecule has 0 saturated carbocycles. The van der Waals surface area contributed by atoms with Gasteiger partial charge in [-0.3, -0.25) is 0 Å². The molecule has 0 unspecified atom stereocenters. The minimum atomic E-state index is -7.02. The van der Waals surface area contributed by atoms with E-state index in [-0.39, 0.29) is 5.75 Å². The SMILES string of the molecule is O=[C](O)[V](=[O])(=[O])([OH])[c]1ccc(O)cn1. The van der Waals surface area contributed by atoms with Gasteiger partial charge in [0.2, 0.25) is 0 Å². The fraction of sp³-hybridized carbons (Fsp3) is 0. The van der Waals surface area contributed by atoms with E-state index >= 15 is 0 Å². The number of hydrogen-bond acceptors (Lipinski definition) is 5. The monoisotopic (exact) mass is 239 g/mol. The van der Waals surface area contributed by atoms with Crippen molar-refractivity contribution >= 4 is 9.09 Å². The Balaban J connectivity index is 3.46. The van der Waals surface area contributed by atoms with Gasteiger partial charge in [0.05, 0.1) is 0 Å². The molecule has 1 aromatic heterocycles. The van der Waals surface area contributed by atoms with Crippen molar-refractivity contribution in [3.63, 3.8) is 0 Å². The van der Waals surface area contributed by atoms with Crippen LogP contribution in [0, 0.1) is 0 Å². The molecule has 0 aromatic carbocycles. The molecule has 76 valence electrons. The second-order valence-corrected chi connectivity index (χ2v) is 6.74. The van der Waals surface area contributed by atoms with Crippen molar-refractivity contribution in [2.24, 2.45) is 0 Å². The van der Waals surface area contributed by atoms with Gasteiger partial charge in [0.25, 0.3) is 0 Å². The average molecular weight is 239 g/mol. The predicted molar refractivity (Wildman–Crippen MR) is 37.2 cm³/mol. The van der Waals surface area contributed by atoms with Gasteiger partial charge in [0.1, 0.15) is 0 Å². The topological polar surface area (TPSA) is 125 Å². The van der Waals surface area contributed by atoms with Crippen molar-refractivity contribution in [2.75, 3.05) is 0 Å². The zero-order chi connectivity index (χ0) is 11.0. The van der Waals surface area contributed by atoms with Gasteiger partial charge < -0.3 is 0 Å². The Kier molecular flexibility index (Phi) is 2.11. The summed E-state index contributed by atoms with van der Waals surface area (Å²) in [7, 11) is 0. The van der Waals surface area contributed by atoms with Gasteiger partial charge in [-0.1, -0.05) is 0 Å². The number of carboxylic acid groups (broad SMARTS) is 1. The Labute approximate surface area is 78.2 Å². The molecule has 0 amide bonds. The standard InChI is InChI=1S/C5H4NO.CHO2.H2O.2O.V/c7-5-2-1-3-6-4-5;2-1-3;;;;/h1-2,4,7H;(H,2,3);1H2;;;/q;;;;;+1/p-1. The van der Waals surface area contributed by atoms with E-state index in [0.717, 1.165) is 18.3 Å². The van der Waals surface area contributed by atoms with E-state index in [0.29, 0.717) is 0 Å². The van der Waals surface area contributed by atoms with Gasteiger partial charge in [0, 0.05) is 0 Å². The van der Waals surface area contributed by atoms with Gasteiger partial charge in [-0.15, -0.1) is 0 Å². The van der Waals surface area contributed by atoms with Crippen LogP contribution in [-0.2, 0) is 20.5 Å². The van der Waals surface area contributed by atoms with Gasteiger partial charge in [-0.25, -0.2) is 0 Å². The molecule has 0 saturated heterocycles. The van der Waals surface area contributed by atoms with Gasteiger partial charge >= 0.3 is 77.7 Å². The molecule has 1 heterocycles. The molecule has 3 N–H and O–H groups in total. The maximum absolute atomic E-state index is 11.1. The van der Waals surface area contributed by atoms with E-state index in [1.165, 1.54) is 0 Å². The Morgan fingerprint density at radius 1 is 1.36 bits per heavy atom. The summed E-state index contributed by atoms with van der Waals surface area (Å²) in [4.78, 5) is 13.4. The van der Waals surface area contributed by atoms with E-state index in [1.807, 2.05) is 0 Å². The van der Waals surface area contributed by atoms with E-state index in [2.05, 4.69) is 4.98 Å². The summed E-state index contributed by atoms with van der Waals surface area (Å²) < 4.78 is 27.9. The normalized spacial score (nSPS) is 12.4. The van der Waals surface area contributed by atoms with Crippen molar-refractivity contribution in [1.29, 1.82) is 0 Å². The Morgan fingerprint density at radius 2 is 1.93 bits per heavy atom. The number of carbonyl (C=O) groups is 1. The Morgan fingerprint density at radius 3 is 2.29 bits per heavy atom. The minimum absolute atomic E-state index is 0.334. The molecule has 0 atom stereocenters. The van der Waals surface area contributed by atoms with Gasteiger partial charge in [-0.05, 0) is 0 Å². The summed E-state index contributed by atoms with van der Waals surface area (Å²) in [6, 6.07) is 1.63. The first kappa shape index (κ1) is 10.6. The molecule has 0 aliphatic carbocycles. The van der Waals surface area contributed by atoms with Gasteiger partial charge in [0.15, 0.2) is 0 Å². The van der Waals surface area contributed by atoms with E-state index in [4.69, 9.17) is 14.2 Å². The first-order valence-corrected chi connectivity index (χ1v) is 6.51. The van der Waals surface area contributed by atoms with Crippen molar-refractivity contribution in [3.05, 3.63) is 18.3 Å². The molecule has 0 radical (unpaired) electrons. The molecule has 14 heavy (non-hydrogen) atoms. The molecule has 1 rings (SSSR count). The summed E-state index contributed by atoms with van der Waals surface area (Å²) >= 11 is -7.02. The van der Waals surface area contributed by atoms with Crippen LogP contribution in [0.15, 0.2) is 18.3 Å². The molecule has 0 bridgehead atoms. The van der Waals surface area contributed by atoms with Crippen molar-refractivity contribution < 1.29 is 39.5 Å². The Hall–Kier alpha value is -1.44.